The van der Waals surface area contributed by atoms with Crippen LogP contribution >= 0.6 is 0 Å². The molecular weight excluding hydrogens is 308 g/mol. The average Bonchev–Trinajstić information content (AvgIpc) is 2.64. The van der Waals surface area contributed by atoms with Crippen molar-refractivity contribution in [3.05, 3.63) is 35.4 Å². The normalized spacial score (nSPS) is 9.88. The first kappa shape index (κ1) is 20.8. The molecule has 0 bridgehead atoms. The topological polar surface area (TPSA) is 56.8 Å². The van der Waals surface area contributed by atoms with Crippen molar-refractivity contribution < 1.29 is 4.74 Å². The predicted molar refractivity (Wildman–Crippen MR) is 102 cm³/mol. The van der Waals surface area contributed by atoms with Crippen LogP contribution in [0.5, 0.6) is 5.75 Å². The monoisotopic (exact) mass is 337 g/mol. The van der Waals surface area contributed by atoms with Crippen LogP contribution in [0.25, 0.3) is 6.08 Å². The smallest absolute Gasteiger partial charge is 0.130 e. The van der Waals surface area contributed by atoms with Crippen LogP contribution in [-0.2, 0) is 0 Å². The van der Waals surface area contributed by atoms with Crippen molar-refractivity contribution in [1.29, 1.82) is 10.5 Å². The van der Waals surface area contributed by atoms with Gasteiger partial charge in [0.25, 0.3) is 0 Å². The lowest BCUT2D eigenvalue weighted by molar-refractivity contribution is 0.303. The van der Waals surface area contributed by atoms with E-state index in [0.29, 0.717) is 12.4 Å². The van der Waals surface area contributed by atoms with Crippen molar-refractivity contribution in [2.75, 3.05) is 6.61 Å². The summed E-state index contributed by atoms with van der Waals surface area (Å²) in [5.74, 6) is 0.667. The molecule has 0 atom stereocenters. The van der Waals surface area contributed by atoms with E-state index in [1.165, 1.54) is 57.8 Å². The molecule has 0 N–H and O–H groups in total. The number of ether oxygens (including phenoxy) is 1. The van der Waals surface area contributed by atoms with Gasteiger partial charge in [0.05, 0.1) is 6.61 Å². The number of benzene rings is 1. The molecule has 0 fully saturated rings. The summed E-state index contributed by atoms with van der Waals surface area (Å²) >= 11 is 0. The number of nitrogens with zero attached hydrogens (tertiary/aromatic N) is 2. The summed E-state index contributed by atoms with van der Waals surface area (Å²) in [5, 5.41) is 17.6. The maximum atomic E-state index is 8.79. The molecule has 133 valence electrons. The summed E-state index contributed by atoms with van der Waals surface area (Å²) in [5.41, 5.74) is 0.877. The van der Waals surface area contributed by atoms with Crippen LogP contribution in [0.2, 0.25) is 0 Å². The summed E-state index contributed by atoms with van der Waals surface area (Å²) in [6, 6.07) is 12.1. The lowest BCUT2D eigenvalue weighted by Crippen LogP contribution is -1.97. The standard InChI is InChI=1S/C22H29N2O/c1-2-3-4-5-6-7-8-9-10-11-15-25-22-14-12-13-20(17-22)16-21(18-23)19-24/h12-13,16-17H,2-11,15H2,1H3. The van der Waals surface area contributed by atoms with E-state index in [2.05, 4.69) is 13.0 Å². The van der Waals surface area contributed by atoms with Crippen molar-refractivity contribution in [1.82, 2.24) is 0 Å². The highest BCUT2D eigenvalue weighted by Gasteiger charge is 1.99. The molecule has 1 rings (SSSR count). The van der Waals surface area contributed by atoms with Crippen LogP contribution < -0.4 is 4.74 Å². The molecule has 1 aromatic carbocycles. The van der Waals surface area contributed by atoms with Gasteiger partial charge in [-0.2, -0.15) is 10.5 Å². The van der Waals surface area contributed by atoms with Gasteiger partial charge >= 0.3 is 0 Å². The number of hydrogen-bond donors (Lipinski definition) is 0. The summed E-state index contributed by atoms with van der Waals surface area (Å²) in [6.07, 6.45) is 14.6. The van der Waals surface area contributed by atoms with Gasteiger partial charge in [-0.25, -0.2) is 0 Å². The van der Waals surface area contributed by atoms with Gasteiger partial charge in [0.2, 0.25) is 0 Å². The number of nitriles is 2. The van der Waals surface area contributed by atoms with E-state index in [0.717, 1.165) is 12.0 Å². The van der Waals surface area contributed by atoms with Crippen molar-refractivity contribution in [3.8, 4) is 17.9 Å². The average molecular weight is 337 g/mol. The number of unbranched alkanes of at least 4 members (excludes halogenated alkanes) is 9. The van der Waals surface area contributed by atoms with Gasteiger partial charge < -0.3 is 4.74 Å². The summed E-state index contributed by atoms with van der Waals surface area (Å²) in [7, 11) is 0. The minimum atomic E-state index is 0.0897. The molecule has 0 aromatic heterocycles. The Morgan fingerprint density at radius 2 is 1.60 bits per heavy atom. The Morgan fingerprint density at radius 1 is 1.00 bits per heavy atom. The highest BCUT2D eigenvalue weighted by Crippen LogP contribution is 2.16. The second kappa shape index (κ2) is 14.1. The van der Waals surface area contributed by atoms with E-state index >= 15 is 0 Å². The Hall–Kier alpha value is -2.26. The Balaban J connectivity index is 2.14. The van der Waals surface area contributed by atoms with Gasteiger partial charge in [0, 0.05) is 6.07 Å². The molecule has 0 saturated heterocycles. The number of allylic oxidation sites excluding steroid dienone is 1. The third-order valence-electron chi connectivity index (χ3n) is 4.11. The molecule has 0 aliphatic rings. The van der Waals surface area contributed by atoms with Gasteiger partial charge in [-0.1, -0.05) is 70.8 Å². The molecule has 3 heteroatoms. The maximum absolute atomic E-state index is 8.79. The minimum Gasteiger partial charge on any atom is -0.493 e. The lowest BCUT2D eigenvalue weighted by Gasteiger charge is -2.06. The fraction of sp³-hybridized carbons (Fsp3) is 0.545. The van der Waals surface area contributed by atoms with Gasteiger partial charge in [-0.05, 0) is 30.2 Å². The summed E-state index contributed by atoms with van der Waals surface area (Å²) < 4.78 is 5.72. The first-order chi connectivity index (χ1) is 12.3. The van der Waals surface area contributed by atoms with E-state index in [1.54, 1.807) is 12.1 Å². The SMILES string of the molecule is CCCCCCCCCCCCOc1[c]ccc(C=C(C#N)C#N)c1. The van der Waals surface area contributed by atoms with Crippen LogP contribution in [0.3, 0.4) is 0 Å². The van der Waals surface area contributed by atoms with E-state index in [9.17, 15) is 0 Å². The minimum absolute atomic E-state index is 0.0897. The van der Waals surface area contributed by atoms with E-state index in [1.807, 2.05) is 24.3 Å². The summed E-state index contributed by atoms with van der Waals surface area (Å²) in [6.45, 7) is 2.94. The van der Waals surface area contributed by atoms with Crippen molar-refractivity contribution in [2.45, 2.75) is 71.1 Å². The second-order valence-electron chi connectivity index (χ2n) is 6.30. The molecular formula is C22H29N2O. The predicted octanol–water partition coefficient (Wildman–Crippen LogP) is 6.22. The molecule has 0 saturated carbocycles. The molecule has 1 radical (unpaired) electrons. The molecule has 1 aromatic rings. The first-order valence-electron chi connectivity index (χ1n) is 9.46. The highest BCUT2D eigenvalue weighted by molar-refractivity contribution is 5.62. The highest BCUT2D eigenvalue weighted by atomic mass is 16.5. The quantitative estimate of drug-likeness (QED) is 0.317. The van der Waals surface area contributed by atoms with Gasteiger partial charge in [-0.3, -0.25) is 0 Å². The van der Waals surface area contributed by atoms with Crippen molar-refractivity contribution >= 4 is 6.08 Å². The molecule has 0 amide bonds. The Labute approximate surface area is 152 Å². The lowest BCUT2D eigenvalue weighted by atomic mass is 10.1. The van der Waals surface area contributed by atoms with Gasteiger partial charge in [0.1, 0.15) is 23.5 Å². The van der Waals surface area contributed by atoms with E-state index in [-0.39, 0.29) is 5.57 Å². The van der Waals surface area contributed by atoms with E-state index < -0.39 is 0 Å². The molecule has 25 heavy (non-hydrogen) atoms. The van der Waals surface area contributed by atoms with Crippen molar-refractivity contribution in [3.63, 3.8) is 0 Å². The van der Waals surface area contributed by atoms with Crippen molar-refractivity contribution in [2.24, 2.45) is 0 Å². The molecule has 0 aliphatic heterocycles. The van der Waals surface area contributed by atoms with Crippen LogP contribution in [0.4, 0.5) is 0 Å². The number of rotatable bonds is 13. The van der Waals surface area contributed by atoms with E-state index in [4.69, 9.17) is 15.3 Å². The van der Waals surface area contributed by atoms with Crippen LogP contribution in [0.15, 0.2) is 23.8 Å². The second-order valence-corrected chi connectivity index (χ2v) is 6.30. The zero-order valence-corrected chi connectivity index (χ0v) is 15.4. The van der Waals surface area contributed by atoms with Crippen LogP contribution in [0.1, 0.15) is 76.7 Å². The Morgan fingerprint density at radius 3 is 2.20 bits per heavy atom. The molecule has 0 heterocycles. The number of hydrogen-bond acceptors (Lipinski definition) is 3. The first-order valence-corrected chi connectivity index (χ1v) is 9.46. The molecule has 3 nitrogen and oxygen atoms in total. The molecule has 0 spiro atoms. The third kappa shape index (κ3) is 10.3. The molecule has 0 unspecified atom stereocenters. The van der Waals surface area contributed by atoms with Gasteiger partial charge in [-0.15, -0.1) is 0 Å². The van der Waals surface area contributed by atoms with Gasteiger partial charge in [0.15, 0.2) is 0 Å². The summed E-state index contributed by atoms with van der Waals surface area (Å²) in [4.78, 5) is 0. The molecule has 0 aliphatic carbocycles. The maximum Gasteiger partial charge on any atom is 0.130 e. The zero-order chi connectivity index (χ0) is 18.2. The fourth-order valence-corrected chi connectivity index (χ4v) is 2.66. The zero-order valence-electron chi connectivity index (χ0n) is 15.4. The third-order valence-corrected chi connectivity index (χ3v) is 4.11. The van der Waals surface area contributed by atoms with Crippen LogP contribution in [-0.4, -0.2) is 6.61 Å². The fourth-order valence-electron chi connectivity index (χ4n) is 2.66. The Kier molecular flexibility index (Phi) is 11.7. The van der Waals surface area contributed by atoms with Crippen LogP contribution in [0, 0.1) is 28.7 Å². The largest absolute Gasteiger partial charge is 0.493 e. The Bertz CT molecular complexity index is 577.